The fraction of sp³-hybridized carbons (Fsp3) is 0.556. The summed E-state index contributed by atoms with van der Waals surface area (Å²) in [6.45, 7) is 2.11. The minimum atomic E-state index is -1.01. The molecular formula is C9H11NO3. The van der Waals surface area contributed by atoms with Gasteiger partial charge in [0.05, 0.1) is 0 Å². The third-order valence-corrected chi connectivity index (χ3v) is 2.91. The molecule has 3 rings (SSSR count). The van der Waals surface area contributed by atoms with Crippen LogP contribution < -0.4 is 0 Å². The number of fused-ring (bicyclic) bond motifs is 2. The quantitative estimate of drug-likeness (QED) is 0.564. The van der Waals surface area contributed by atoms with Crippen LogP contribution in [0, 0.1) is 5.92 Å². The number of Topliss-reactive ketones (excluding diaryl/α,β-unsaturated/α-hetero) is 1. The molecule has 70 valence electrons. The maximum atomic E-state index is 11.5. The van der Waals surface area contributed by atoms with Crippen molar-refractivity contribution in [3.63, 3.8) is 0 Å². The lowest BCUT2D eigenvalue weighted by Gasteiger charge is -2.45. The van der Waals surface area contributed by atoms with Crippen molar-refractivity contribution >= 4 is 11.9 Å². The first kappa shape index (κ1) is 8.29. The minimum Gasteiger partial charge on any atom is -0.465 e. The Morgan fingerprint density at radius 2 is 2.46 bits per heavy atom. The van der Waals surface area contributed by atoms with E-state index in [0.29, 0.717) is 13.0 Å². The van der Waals surface area contributed by atoms with E-state index >= 15 is 0 Å². The number of piperidine rings is 1. The highest BCUT2D eigenvalue weighted by Crippen LogP contribution is 2.35. The first-order chi connectivity index (χ1) is 6.04. The molecule has 2 heterocycles. The molecule has 2 atom stereocenters. The molecule has 13 heavy (non-hydrogen) atoms. The fourth-order valence-electron chi connectivity index (χ4n) is 2.00. The van der Waals surface area contributed by atoms with Gasteiger partial charge < -0.3 is 5.11 Å². The number of carboxylic acid groups (broad SMARTS) is 1. The van der Waals surface area contributed by atoms with Gasteiger partial charge in [-0.15, -0.1) is 0 Å². The van der Waals surface area contributed by atoms with Crippen LogP contribution in [0.1, 0.15) is 13.3 Å². The number of rotatable bonds is 0. The van der Waals surface area contributed by atoms with Gasteiger partial charge in [-0.05, 0) is 6.92 Å². The van der Waals surface area contributed by atoms with E-state index in [2.05, 4.69) is 0 Å². The van der Waals surface area contributed by atoms with Crippen LogP contribution in [-0.4, -0.2) is 34.0 Å². The third-order valence-electron chi connectivity index (χ3n) is 2.91. The van der Waals surface area contributed by atoms with E-state index in [0.717, 1.165) is 0 Å². The van der Waals surface area contributed by atoms with Crippen molar-refractivity contribution in [1.82, 2.24) is 4.90 Å². The molecule has 0 saturated carbocycles. The number of carbonyl (C=O) groups excluding carboxylic acids is 1. The van der Waals surface area contributed by atoms with Gasteiger partial charge in [0.25, 0.3) is 0 Å². The number of hydrogen-bond donors (Lipinski definition) is 1. The van der Waals surface area contributed by atoms with E-state index in [1.807, 2.05) is 6.08 Å². The molecule has 1 fully saturated rings. The highest BCUT2D eigenvalue weighted by Gasteiger charge is 2.48. The van der Waals surface area contributed by atoms with Crippen LogP contribution in [0.2, 0.25) is 0 Å². The molecule has 2 unspecified atom stereocenters. The van der Waals surface area contributed by atoms with Crippen LogP contribution in [0.5, 0.6) is 0 Å². The normalized spacial score (nSPS) is 36.8. The molecule has 3 aliphatic rings. The fourth-order valence-corrected chi connectivity index (χ4v) is 2.00. The standard InChI is InChI=1S/C9H11NO3/c1-9-3-2-6(4-7(9)11)5-10(9)8(12)13/h2-3,6H,4-5H2,1H3,(H,12,13). The zero-order valence-electron chi connectivity index (χ0n) is 7.36. The second-order valence-electron chi connectivity index (χ2n) is 3.79. The van der Waals surface area contributed by atoms with Gasteiger partial charge in [-0.3, -0.25) is 9.69 Å². The molecule has 0 aromatic carbocycles. The van der Waals surface area contributed by atoms with Crippen molar-refractivity contribution < 1.29 is 14.7 Å². The van der Waals surface area contributed by atoms with Crippen molar-refractivity contribution in [3.8, 4) is 0 Å². The van der Waals surface area contributed by atoms with Gasteiger partial charge in [-0.25, -0.2) is 4.79 Å². The van der Waals surface area contributed by atoms with Crippen molar-refractivity contribution in [1.29, 1.82) is 0 Å². The predicted octanol–water partition coefficient (Wildman–Crippen LogP) is 0.884. The Labute approximate surface area is 75.8 Å². The summed E-state index contributed by atoms with van der Waals surface area (Å²) in [4.78, 5) is 23.6. The monoisotopic (exact) mass is 181 g/mol. The molecule has 0 aromatic heterocycles. The number of nitrogens with zero attached hydrogens (tertiary/aromatic N) is 1. The second-order valence-corrected chi connectivity index (χ2v) is 3.79. The van der Waals surface area contributed by atoms with Crippen LogP contribution in [0.4, 0.5) is 4.79 Å². The van der Waals surface area contributed by atoms with E-state index in [9.17, 15) is 9.59 Å². The van der Waals surface area contributed by atoms with Crippen molar-refractivity contribution in [2.45, 2.75) is 18.9 Å². The van der Waals surface area contributed by atoms with E-state index in [1.165, 1.54) is 4.90 Å². The number of hydrogen-bond acceptors (Lipinski definition) is 2. The zero-order valence-corrected chi connectivity index (χ0v) is 7.36. The van der Waals surface area contributed by atoms with Gasteiger partial charge in [0, 0.05) is 18.9 Å². The van der Waals surface area contributed by atoms with E-state index in [4.69, 9.17) is 5.11 Å². The minimum absolute atomic E-state index is 0.00801. The molecule has 0 radical (unpaired) electrons. The molecule has 1 saturated heterocycles. The van der Waals surface area contributed by atoms with Gasteiger partial charge in [-0.2, -0.15) is 0 Å². The van der Waals surface area contributed by atoms with Crippen LogP contribution in [-0.2, 0) is 4.79 Å². The second kappa shape index (κ2) is 2.34. The van der Waals surface area contributed by atoms with Gasteiger partial charge in [-0.1, -0.05) is 12.2 Å². The number of amides is 1. The summed E-state index contributed by atoms with van der Waals surface area (Å²) in [7, 11) is 0. The topological polar surface area (TPSA) is 57.6 Å². The molecule has 1 N–H and O–H groups in total. The average molecular weight is 181 g/mol. The highest BCUT2D eigenvalue weighted by atomic mass is 16.4. The van der Waals surface area contributed by atoms with Crippen LogP contribution in [0.3, 0.4) is 0 Å². The molecule has 0 spiro atoms. The van der Waals surface area contributed by atoms with Gasteiger partial charge in [0.2, 0.25) is 0 Å². The average Bonchev–Trinajstić information content (AvgIpc) is 2.06. The Kier molecular flexibility index (Phi) is 1.49. The maximum absolute atomic E-state index is 11.5. The summed E-state index contributed by atoms with van der Waals surface area (Å²) >= 11 is 0. The van der Waals surface area contributed by atoms with Crippen LogP contribution in [0.15, 0.2) is 12.2 Å². The first-order valence-corrected chi connectivity index (χ1v) is 4.27. The van der Waals surface area contributed by atoms with Crippen LogP contribution in [0.25, 0.3) is 0 Å². The Balaban J connectivity index is 2.42. The van der Waals surface area contributed by atoms with Crippen molar-refractivity contribution in [2.75, 3.05) is 6.54 Å². The van der Waals surface area contributed by atoms with Gasteiger partial charge in [0.15, 0.2) is 5.78 Å². The number of ketones is 1. The lowest BCUT2D eigenvalue weighted by atomic mass is 9.76. The van der Waals surface area contributed by atoms with Gasteiger partial charge >= 0.3 is 6.09 Å². The molecule has 2 aliphatic heterocycles. The largest absolute Gasteiger partial charge is 0.465 e. The summed E-state index contributed by atoms with van der Waals surface area (Å²) in [6, 6.07) is 0. The van der Waals surface area contributed by atoms with E-state index in [1.54, 1.807) is 13.0 Å². The molecule has 1 aliphatic carbocycles. The summed E-state index contributed by atoms with van der Waals surface area (Å²) in [5.74, 6) is 0.0964. The summed E-state index contributed by atoms with van der Waals surface area (Å²) in [5, 5.41) is 8.88. The maximum Gasteiger partial charge on any atom is 0.408 e. The first-order valence-electron chi connectivity index (χ1n) is 4.27. The molecular weight excluding hydrogens is 170 g/mol. The lowest BCUT2D eigenvalue weighted by Crippen LogP contribution is -2.61. The lowest BCUT2D eigenvalue weighted by molar-refractivity contribution is -0.132. The summed E-state index contributed by atoms with van der Waals surface area (Å²) in [5.41, 5.74) is -0.902. The Morgan fingerprint density at radius 1 is 1.77 bits per heavy atom. The van der Waals surface area contributed by atoms with Crippen LogP contribution >= 0.6 is 0 Å². The van der Waals surface area contributed by atoms with Gasteiger partial charge in [0.1, 0.15) is 5.54 Å². The molecule has 4 nitrogen and oxygen atoms in total. The smallest absolute Gasteiger partial charge is 0.408 e. The SMILES string of the molecule is CC12C=CC(CC1=O)CN2C(=O)O. The third kappa shape index (κ3) is 0.978. The van der Waals surface area contributed by atoms with Crippen molar-refractivity contribution in [2.24, 2.45) is 5.92 Å². The Morgan fingerprint density at radius 3 is 2.92 bits per heavy atom. The molecule has 4 heteroatoms. The molecule has 0 aromatic rings. The summed E-state index contributed by atoms with van der Waals surface area (Å²) < 4.78 is 0. The Hall–Kier alpha value is -1.32. The zero-order chi connectivity index (χ0) is 9.64. The van der Waals surface area contributed by atoms with Crippen molar-refractivity contribution in [3.05, 3.63) is 12.2 Å². The molecule has 2 bridgehead atoms. The highest BCUT2D eigenvalue weighted by molar-refractivity contribution is 5.95. The number of carbonyl (C=O) groups is 2. The Bertz CT molecular complexity index is 310. The van der Waals surface area contributed by atoms with E-state index < -0.39 is 11.6 Å². The predicted molar refractivity (Wildman–Crippen MR) is 45.4 cm³/mol. The molecule has 1 amide bonds. The van der Waals surface area contributed by atoms with E-state index in [-0.39, 0.29) is 11.7 Å². The summed E-state index contributed by atoms with van der Waals surface area (Å²) in [6.07, 6.45) is 3.13.